The van der Waals surface area contributed by atoms with Gasteiger partial charge in [-0.1, -0.05) is 11.8 Å². The molecule has 0 bridgehead atoms. The van der Waals surface area contributed by atoms with E-state index < -0.39 is 5.97 Å². The first-order valence-corrected chi connectivity index (χ1v) is 9.59. The predicted octanol–water partition coefficient (Wildman–Crippen LogP) is 3.05. The minimum atomic E-state index is -0.509. The van der Waals surface area contributed by atoms with Gasteiger partial charge in [-0.2, -0.15) is 4.98 Å². The Morgan fingerprint density at radius 2 is 2.19 bits per heavy atom. The number of carbonyl (C=O) groups excluding carboxylic acids is 1. The lowest BCUT2D eigenvalue weighted by atomic mass is 10.2. The number of methoxy groups -OCH3 is 1. The maximum atomic E-state index is 12.6. The minimum absolute atomic E-state index is 0.167. The van der Waals surface area contributed by atoms with Crippen LogP contribution in [-0.2, 0) is 29.9 Å². The highest BCUT2D eigenvalue weighted by Crippen LogP contribution is 2.31. The second-order valence-electron chi connectivity index (χ2n) is 6.19. The van der Waals surface area contributed by atoms with Gasteiger partial charge >= 0.3 is 11.7 Å². The number of aromatic nitrogens is 2. The van der Waals surface area contributed by atoms with Gasteiger partial charge in [-0.15, -0.1) is 0 Å². The molecule has 0 amide bonds. The molecule has 0 aromatic carbocycles. The van der Waals surface area contributed by atoms with Crippen molar-refractivity contribution in [3.8, 4) is 0 Å². The summed E-state index contributed by atoms with van der Waals surface area (Å²) in [5.41, 5.74) is 1.87. The highest BCUT2D eigenvalue weighted by molar-refractivity contribution is 7.98. The number of carbonyl (C=O) groups is 1. The van der Waals surface area contributed by atoms with Crippen LogP contribution in [0.15, 0.2) is 49.2 Å². The lowest BCUT2D eigenvalue weighted by Crippen LogP contribution is -2.27. The molecule has 0 saturated carbocycles. The zero-order valence-electron chi connectivity index (χ0n) is 14.8. The smallest absolute Gasteiger partial charge is 0.373 e. The zero-order chi connectivity index (χ0) is 18.8. The molecule has 1 aliphatic rings. The maximum absolute atomic E-state index is 12.6. The van der Waals surface area contributed by atoms with Crippen molar-refractivity contribution in [3.05, 3.63) is 69.6 Å². The Kier molecular flexibility index (Phi) is 4.89. The molecule has 27 heavy (non-hydrogen) atoms. The molecule has 0 radical (unpaired) electrons. The van der Waals surface area contributed by atoms with Gasteiger partial charge in [-0.05, 0) is 43.5 Å². The first-order valence-electron chi connectivity index (χ1n) is 8.60. The van der Waals surface area contributed by atoms with Crippen LogP contribution in [-0.4, -0.2) is 22.6 Å². The van der Waals surface area contributed by atoms with Crippen LogP contribution >= 0.6 is 11.8 Å². The second kappa shape index (κ2) is 7.48. The van der Waals surface area contributed by atoms with Crippen molar-refractivity contribution in [1.29, 1.82) is 0 Å². The van der Waals surface area contributed by atoms with E-state index in [1.165, 1.54) is 18.9 Å². The van der Waals surface area contributed by atoms with Gasteiger partial charge < -0.3 is 13.6 Å². The summed E-state index contributed by atoms with van der Waals surface area (Å²) in [5, 5.41) is 0.735. The number of fused-ring (bicyclic) bond motifs is 1. The Bertz CT molecular complexity index is 1020. The topological polar surface area (TPSA) is 87.5 Å². The third-order valence-corrected chi connectivity index (χ3v) is 5.53. The molecule has 0 spiro atoms. The predicted molar refractivity (Wildman–Crippen MR) is 97.9 cm³/mol. The van der Waals surface area contributed by atoms with Crippen LogP contribution in [0.1, 0.15) is 39.8 Å². The molecular formula is C19H18N2O5S. The zero-order valence-corrected chi connectivity index (χ0v) is 15.6. The molecule has 0 aliphatic heterocycles. The largest absolute Gasteiger partial charge is 0.467 e. The average Bonchev–Trinajstić information content (AvgIpc) is 3.43. The summed E-state index contributed by atoms with van der Waals surface area (Å²) < 4.78 is 17.2. The van der Waals surface area contributed by atoms with Crippen molar-refractivity contribution in [1.82, 2.24) is 9.55 Å². The van der Waals surface area contributed by atoms with Gasteiger partial charge in [0.05, 0.1) is 25.7 Å². The number of hydrogen-bond donors (Lipinski definition) is 0. The second-order valence-corrected chi connectivity index (χ2v) is 7.15. The van der Waals surface area contributed by atoms with Crippen molar-refractivity contribution >= 4 is 17.7 Å². The van der Waals surface area contributed by atoms with E-state index in [1.807, 2.05) is 12.1 Å². The highest BCUT2D eigenvalue weighted by atomic mass is 32.2. The van der Waals surface area contributed by atoms with Crippen molar-refractivity contribution in [3.63, 3.8) is 0 Å². The fourth-order valence-electron chi connectivity index (χ4n) is 3.23. The quantitative estimate of drug-likeness (QED) is 0.365. The standard InChI is InChI=1S/C19H18N2O5S/c1-24-18(22)16-8-7-13(26-16)11-27-17-14-5-2-6-15(14)21(19(23)20-17)10-12-4-3-9-25-12/h3-4,7-9H,2,5-6,10-11H2,1H3. The van der Waals surface area contributed by atoms with E-state index in [4.69, 9.17) is 8.83 Å². The highest BCUT2D eigenvalue weighted by Gasteiger charge is 2.23. The summed E-state index contributed by atoms with van der Waals surface area (Å²) in [4.78, 5) is 28.4. The number of rotatable bonds is 6. The van der Waals surface area contributed by atoms with Crippen LogP contribution in [0, 0.1) is 0 Å². The van der Waals surface area contributed by atoms with Crippen LogP contribution in [0.4, 0.5) is 0 Å². The Labute approximate surface area is 159 Å². The summed E-state index contributed by atoms with van der Waals surface area (Å²) in [5.74, 6) is 1.51. The number of furan rings is 2. The average molecular weight is 386 g/mol. The van der Waals surface area contributed by atoms with Gasteiger partial charge in [0.15, 0.2) is 0 Å². The molecule has 7 nitrogen and oxygen atoms in total. The fourth-order valence-corrected chi connectivity index (χ4v) is 4.20. The van der Waals surface area contributed by atoms with Crippen molar-refractivity contribution in [2.24, 2.45) is 0 Å². The van der Waals surface area contributed by atoms with Crippen LogP contribution in [0.3, 0.4) is 0 Å². The van der Waals surface area contributed by atoms with Crippen molar-refractivity contribution in [2.45, 2.75) is 36.6 Å². The van der Waals surface area contributed by atoms with E-state index in [1.54, 1.807) is 23.0 Å². The molecule has 3 aromatic heterocycles. The number of nitrogens with zero attached hydrogens (tertiary/aromatic N) is 2. The summed E-state index contributed by atoms with van der Waals surface area (Å²) in [6.07, 6.45) is 4.35. The minimum Gasteiger partial charge on any atom is -0.467 e. The normalized spacial score (nSPS) is 12.9. The van der Waals surface area contributed by atoms with Crippen molar-refractivity contribution in [2.75, 3.05) is 7.11 Å². The van der Waals surface area contributed by atoms with E-state index in [0.717, 1.165) is 41.3 Å². The Morgan fingerprint density at radius 3 is 2.96 bits per heavy atom. The number of thioether (sulfide) groups is 1. The Hall–Kier alpha value is -2.74. The molecular weight excluding hydrogens is 368 g/mol. The van der Waals surface area contributed by atoms with E-state index in [2.05, 4.69) is 9.72 Å². The van der Waals surface area contributed by atoms with Crippen LogP contribution < -0.4 is 5.69 Å². The van der Waals surface area contributed by atoms with Gasteiger partial charge in [0.1, 0.15) is 16.5 Å². The molecule has 140 valence electrons. The summed E-state index contributed by atoms with van der Waals surface area (Å²) >= 11 is 1.45. The van der Waals surface area contributed by atoms with Gasteiger partial charge in [0.2, 0.25) is 5.76 Å². The maximum Gasteiger partial charge on any atom is 0.373 e. The van der Waals surface area contributed by atoms with Crippen LogP contribution in [0.2, 0.25) is 0 Å². The summed E-state index contributed by atoms with van der Waals surface area (Å²) in [7, 11) is 1.31. The molecule has 0 atom stereocenters. The van der Waals surface area contributed by atoms with Crippen LogP contribution in [0.25, 0.3) is 0 Å². The Morgan fingerprint density at radius 1 is 1.30 bits per heavy atom. The third-order valence-electron chi connectivity index (χ3n) is 4.49. The third kappa shape index (κ3) is 3.57. The first-order chi connectivity index (χ1) is 13.2. The van der Waals surface area contributed by atoms with Gasteiger partial charge in [-0.25, -0.2) is 9.59 Å². The Balaban J connectivity index is 1.56. The first kappa shape index (κ1) is 17.7. The van der Waals surface area contributed by atoms with Crippen molar-refractivity contribution < 1.29 is 18.4 Å². The molecule has 0 N–H and O–H groups in total. The number of ether oxygens (including phenoxy) is 1. The SMILES string of the molecule is COC(=O)c1ccc(CSc2nc(=O)n(Cc3ccco3)c3c2CCC3)o1. The molecule has 3 aromatic rings. The number of hydrogen-bond acceptors (Lipinski definition) is 7. The fraction of sp³-hybridized carbons (Fsp3) is 0.316. The molecule has 1 aliphatic carbocycles. The van der Waals surface area contributed by atoms with Gasteiger partial charge in [-0.3, -0.25) is 4.57 Å². The number of esters is 1. The molecule has 0 unspecified atom stereocenters. The summed E-state index contributed by atoms with van der Waals surface area (Å²) in [6, 6.07) is 6.98. The van der Waals surface area contributed by atoms with E-state index in [9.17, 15) is 9.59 Å². The van der Waals surface area contributed by atoms with Gasteiger partial charge in [0, 0.05) is 11.3 Å². The van der Waals surface area contributed by atoms with Crippen LogP contribution in [0.5, 0.6) is 0 Å². The van der Waals surface area contributed by atoms with E-state index >= 15 is 0 Å². The van der Waals surface area contributed by atoms with Gasteiger partial charge in [0.25, 0.3) is 0 Å². The van der Waals surface area contributed by atoms with E-state index in [-0.39, 0.29) is 11.4 Å². The van der Waals surface area contributed by atoms with E-state index in [0.29, 0.717) is 18.1 Å². The molecule has 0 saturated heterocycles. The molecule has 4 rings (SSSR count). The lowest BCUT2D eigenvalue weighted by molar-refractivity contribution is 0.0563. The molecule has 8 heteroatoms. The summed E-state index contributed by atoms with van der Waals surface area (Å²) in [6.45, 7) is 0.396. The molecule has 3 heterocycles. The lowest BCUT2D eigenvalue weighted by Gasteiger charge is -2.13. The monoisotopic (exact) mass is 386 g/mol. The molecule has 0 fully saturated rings.